The van der Waals surface area contributed by atoms with E-state index in [1.54, 1.807) is 19.1 Å². The number of allylic oxidation sites excluding steroid dienone is 3. The highest BCUT2D eigenvalue weighted by molar-refractivity contribution is 5.70. The van der Waals surface area contributed by atoms with E-state index in [1.807, 2.05) is 39.8 Å². The molecule has 0 saturated carbocycles. The number of hydrogen-bond donors (Lipinski definition) is 4. The molecule has 0 amide bonds. The molecule has 3 unspecified atom stereocenters. The van der Waals surface area contributed by atoms with E-state index < -0.39 is 35.7 Å². The second-order valence-electron chi connectivity index (χ2n) is 11.6. The summed E-state index contributed by atoms with van der Waals surface area (Å²) < 4.78 is 11.6. The van der Waals surface area contributed by atoms with E-state index in [9.17, 15) is 30.0 Å². The van der Waals surface area contributed by atoms with Gasteiger partial charge in [0.2, 0.25) is 0 Å². The lowest BCUT2D eigenvalue weighted by atomic mass is 9.80. The van der Waals surface area contributed by atoms with Gasteiger partial charge in [0, 0.05) is 17.8 Å². The van der Waals surface area contributed by atoms with Crippen molar-refractivity contribution in [2.45, 2.75) is 116 Å². The number of ether oxygens (including phenoxy) is 2. The molecule has 10 atom stereocenters. The number of rotatable bonds is 10. The number of aliphatic hydroxyl groups is 3. The van der Waals surface area contributed by atoms with Crippen LogP contribution >= 0.6 is 0 Å². The van der Waals surface area contributed by atoms with E-state index in [1.165, 1.54) is 0 Å². The number of esters is 1. The summed E-state index contributed by atoms with van der Waals surface area (Å²) >= 11 is 0. The Labute approximate surface area is 227 Å². The molecule has 2 heterocycles. The number of aliphatic hydroxyl groups excluding tert-OH is 2. The van der Waals surface area contributed by atoms with E-state index in [4.69, 9.17) is 9.47 Å². The van der Waals surface area contributed by atoms with Crippen LogP contribution in [0.5, 0.6) is 0 Å². The van der Waals surface area contributed by atoms with E-state index in [-0.39, 0.29) is 61.7 Å². The van der Waals surface area contributed by atoms with E-state index in [2.05, 4.69) is 13.0 Å². The first kappa shape index (κ1) is 32.2. The first-order valence-electron chi connectivity index (χ1n) is 13.9. The second kappa shape index (κ2) is 14.4. The number of epoxide rings is 1. The third-order valence-electron chi connectivity index (χ3n) is 7.98. The van der Waals surface area contributed by atoms with Crippen molar-refractivity contribution in [3.8, 4) is 0 Å². The predicted molar refractivity (Wildman–Crippen MR) is 145 cm³/mol. The Morgan fingerprint density at radius 1 is 1.29 bits per heavy atom. The van der Waals surface area contributed by atoms with Gasteiger partial charge in [-0.05, 0) is 51.0 Å². The minimum Gasteiger partial charge on any atom is -0.481 e. The van der Waals surface area contributed by atoms with Gasteiger partial charge in [0.15, 0.2) is 0 Å². The number of carbonyl (C=O) groups is 2. The normalized spacial score (nSPS) is 36.4. The molecular formula is C30H48O8. The van der Waals surface area contributed by atoms with Crippen LogP contribution in [-0.4, -0.2) is 68.5 Å². The van der Waals surface area contributed by atoms with Crippen LogP contribution in [-0.2, 0) is 19.1 Å². The van der Waals surface area contributed by atoms with Crippen molar-refractivity contribution in [3.63, 3.8) is 0 Å². The number of hydrogen-bond acceptors (Lipinski definition) is 7. The molecule has 38 heavy (non-hydrogen) atoms. The number of carbonyl (C=O) groups excluding carboxylic acids is 1. The number of aliphatic carboxylic acids is 1. The zero-order chi connectivity index (χ0) is 28.6. The van der Waals surface area contributed by atoms with Crippen LogP contribution < -0.4 is 0 Å². The summed E-state index contributed by atoms with van der Waals surface area (Å²) in [5.41, 5.74) is -0.526. The monoisotopic (exact) mass is 536 g/mol. The van der Waals surface area contributed by atoms with Crippen molar-refractivity contribution in [3.05, 3.63) is 36.0 Å². The maximum Gasteiger partial charge on any atom is 0.309 e. The minimum absolute atomic E-state index is 0.0995. The fourth-order valence-corrected chi connectivity index (χ4v) is 5.17. The third-order valence-corrected chi connectivity index (χ3v) is 7.98. The topological polar surface area (TPSA) is 137 Å². The quantitative estimate of drug-likeness (QED) is 0.141. The average Bonchev–Trinajstić information content (AvgIpc) is 3.60. The molecule has 0 bridgehead atoms. The van der Waals surface area contributed by atoms with Gasteiger partial charge in [-0.3, -0.25) is 9.59 Å². The van der Waals surface area contributed by atoms with Crippen LogP contribution in [0, 0.1) is 23.7 Å². The molecule has 2 rings (SSSR count). The SMILES string of the molecule is CCC(O)C(C)[C@H]1O[C@@H]1CC(C)/C=C/C=C(\C)[C@H]1OC(=O)C[C@H](O)CC[C@@](C)(O)[C@@H](CC(=O)O)/C=C/[C@@H]1C. The Balaban J connectivity index is 2.12. The Bertz CT molecular complexity index is 875. The molecule has 0 aromatic rings. The number of cyclic esters (lactones) is 1. The molecule has 0 aromatic carbocycles. The highest BCUT2D eigenvalue weighted by Gasteiger charge is 2.45. The molecule has 0 aromatic heterocycles. The molecule has 1 saturated heterocycles. The van der Waals surface area contributed by atoms with Crippen LogP contribution in [0.15, 0.2) is 36.0 Å². The molecule has 8 nitrogen and oxygen atoms in total. The van der Waals surface area contributed by atoms with Crippen LogP contribution in [0.25, 0.3) is 0 Å². The molecule has 0 radical (unpaired) electrons. The highest BCUT2D eigenvalue weighted by atomic mass is 16.6. The van der Waals surface area contributed by atoms with Crippen LogP contribution in [0.4, 0.5) is 0 Å². The van der Waals surface area contributed by atoms with E-state index in [0.717, 1.165) is 12.0 Å². The number of carboxylic acids is 1. The Morgan fingerprint density at radius 3 is 2.61 bits per heavy atom. The molecule has 1 fully saturated rings. The van der Waals surface area contributed by atoms with Gasteiger partial charge < -0.3 is 29.9 Å². The lowest BCUT2D eigenvalue weighted by Crippen LogP contribution is -2.37. The van der Waals surface area contributed by atoms with Gasteiger partial charge >= 0.3 is 11.9 Å². The van der Waals surface area contributed by atoms with E-state index in [0.29, 0.717) is 6.42 Å². The standard InChI is InChI=1S/C30H48O8/c1-7-24(32)21(5)29-25(37-29)15-18(2)9-8-10-19(3)28-20(4)11-12-22(16-26(33)34)30(6,36)14-13-23(31)17-27(35)38-28/h8-12,18,20-25,28-29,31-32,36H,7,13-17H2,1-6H3,(H,33,34)/b9-8+,12-11+,19-10+/t18?,20-,21?,22+,23+,24?,25+,28+,29+,30+/m0/s1. The number of carboxylic acid groups (broad SMARTS) is 1. The van der Waals surface area contributed by atoms with Gasteiger partial charge in [0.05, 0.1) is 42.9 Å². The van der Waals surface area contributed by atoms with Gasteiger partial charge in [-0.15, -0.1) is 0 Å². The molecule has 8 heteroatoms. The molecule has 2 aliphatic rings. The van der Waals surface area contributed by atoms with Crippen molar-refractivity contribution in [2.24, 2.45) is 23.7 Å². The van der Waals surface area contributed by atoms with Gasteiger partial charge in [0.25, 0.3) is 0 Å². The van der Waals surface area contributed by atoms with Crippen molar-refractivity contribution in [2.75, 3.05) is 0 Å². The molecular weight excluding hydrogens is 488 g/mol. The van der Waals surface area contributed by atoms with Crippen molar-refractivity contribution in [1.29, 1.82) is 0 Å². The Hall–Kier alpha value is -2.00. The van der Waals surface area contributed by atoms with Gasteiger partial charge in [-0.2, -0.15) is 0 Å². The second-order valence-corrected chi connectivity index (χ2v) is 11.6. The van der Waals surface area contributed by atoms with Crippen molar-refractivity contribution >= 4 is 11.9 Å². The molecule has 2 aliphatic heterocycles. The lowest BCUT2D eigenvalue weighted by molar-refractivity contribution is -0.151. The summed E-state index contributed by atoms with van der Waals surface area (Å²) in [6, 6.07) is 0. The van der Waals surface area contributed by atoms with Gasteiger partial charge in [-0.25, -0.2) is 0 Å². The maximum atomic E-state index is 12.6. The molecule has 4 N–H and O–H groups in total. The maximum absolute atomic E-state index is 12.6. The molecule has 0 aliphatic carbocycles. The third kappa shape index (κ3) is 9.95. The lowest BCUT2D eigenvalue weighted by Gasteiger charge is -2.32. The highest BCUT2D eigenvalue weighted by Crippen LogP contribution is 2.36. The largest absolute Gasteiger partial charge is 0.481 e. The van der Waals surface area contributed by atoms with Gasteiger partial charge in [0.1, 0.15) is 6.10 Å². The Kier molecular flexibility index (Phi) is 12.2. The zero-order valence-corrected chi connectivity index (χ0v) is 23.7. The smallest absolute Gasteiger partial charge is 0.309 e. The summed E-state index contributed by atoms with van der Waals surface area (Å²) in [6.45, 7) is 11.4. The fraction of sp³-hybridized carbons (Fsp3) is 0.733. The van der Waals surface area contributed by atoms with Crippen molar-refractivity contribution in [1.82, 2.24) is 0 Å². The first-order chi connectivity index (χ1) is 17.7. The predicted octanol–water partition coefficient (Wildman–Crippen LogP) is 4.18. The Morgan fingerprint density at radius 2 is 1.97 bits per heavy atom. The summed E-state index contributed by atoms with van der Waals surface area (Å²) in [4.78, 5) is 24.0. The molecule has 0 spiro atoms. The summed E-state index contributed by atoms with van der Waals surface area (Å²) in [5.74, 6) is -2.09. The van der Waals surface area contributed by atoms with Crippen LogP contribution in [0.1, 0.15) is 80.1 Å². The van der Waals surface area contributed by atoms with E-state index >= 15 is 0 Å². The molecule has 216 valence electrons. The van der Waals surface area contributed by atoms with Crippen LogP contribution in [0.2, 0.25) is 0 Å². The van der Waals surface area contributed by atoms with Crippen LogP contribution in [0.3, 0.4) is 0 Å². The average molecular weight is 537 g/mol. The summed E-state index contributed by atoms with van der Waals surface area (Å²) in [6.07, 6.45) is 9.18. The summed E-state index contributed by atoms with van der Waals surface area (Å²) in [5, 5.41) is 40.7. The zero-order valence-electron chi connectivity index (χ0n) is 23.7. The van der Waals surface area contributed by atoms with Crippen molar-refractivity contribution < 1.29 is 39.5 Å². The van der Waals surface area contributed by atoms with Gasteiger partial charge in [-0.1, -0.05) is 58.1 Å². The first-order valence-corrected chi connectivity index (χ1v) is 13.9. The fourth-order valence-electron chi connectivity index (χ4n) is 5.17. The summed E-state index contributed by atoms with van der Waals surface area (Å²) in [7, 11) is 0. The minimum atomic E-state index is -1.34.